The van der Waals surface area contributed by atoms with Crippen LogP contribution in [0.3, 0.4) is 0 Å². The van der Waals surface area contributed by atoms with Crippen molar-refractivity contribution in [1.29, 1.82) is 0 Å². The van der Waals surface area contributed by atoms with Crippen molar-refractivity contribution in [3.63, 3.8) is 0 Å². The summed E-state index contributed by atoms with van der Waals surface area (Å²) in [6, 6.07) is 9.12. The number of fused-ring (bicyclic) bond motifs is 2. The van der Waals surface area contributed by atoms with E-state index in [0.29, 0.717) is 59.7 Å². The van der Waals surface area contributed by atoms with Gasteiger partial charge in [0.2, 0.25) is 0 Å². The number of nitrogens with one attached hydrogen (secondary N) is 1. The summed E-state index contributed by atoms with van der Waals surface area (Å²) in [7, 11) is 0. The van der Waals surface area contributed by atoms with Gasteiger partial charge in [0.15, 0.2) is 11.6 Å². The lowest BCUT2D eigenvalue weighted by Gasteiger charge is -2.26. The summed E-state index contributed by atoms with van der Waals surface area (Å²) >= 11 is 6.04. The molecule has 5 rings (SSSR count). The number of benzene rings is 1. The Morgan fingerprint density at radius 2 is 2.00 bits per heavy atom. The maximum absolute atomic E-state index is 12.9. The highest BCUT2D eigenvalue weighted by Crippen LogP contribution is 2.31. The summed E-state index contributed by atoms with van der Waals surface area (Å²) in [4.78, 5) is 27.5. The van der Waals surface area contributed by atoms with Gasteiger partial charge in [-0.3, -0.25) is 4.79 Å². The normalized spacial score (nSPS) is 14.4. The van der Waals surface area contributed by atoms with Crippen LogP contribution in [-0.2, 0) is 4.74 Å². The number of pyridine rings is 1. The minimum Gasteiger partial charge on any atom is -0.451 e. The number of aromatic nitrogens is 3. The monoisotopic (exact) mass is 423 g/mol. The summed E-state index contributed by atoms with van der Waals surface area (Å²) in [5.41, 5.74) is 3.52. The van der Waals surface area contributed by atoms with Crippen molar-refractivity contribution < 1.29 is 13.9 Å². The molecule has 0 bridgehead atoms. The number of morpholine rings is 1. The molecule has 0 unspecified atom stereocenters. The molecule has 0 saturated carbocycles. The Labute approximate surface area is 176 Å². The molecule has 152 valence electrons. The molecule has 1 saturated heterocycles. The van der Waals surface area contributed by atoms with E-state index >= 15 is 0 Å². The Hall–Kier alpha value is -3.23. The predicted molar refractivity (Wildman–Crippen MR) is 113 cm³/mol. The molecule has 1 fully saturated rings. The van der Waals surface area contributed by atoms with Crippen LogP contribution in [0, 0.1) is 6.92 Å². The number of ether oxygens (including phenoxy) is 1. The zero-order chi connectivity index (χ0) is 20.7. The van der Waals surface area contributed by atoms with Gasteiger partial charge in [0.1, 0.15) is 22.6 Å². The molecule has 0 radical (unpaired) electrons. The van der Waals surface area contributed by atoms with E-state index in [9.17, 15) is 4.79 Å². The molecule has 1 aliphatic heterocycles. The minimum absolute atomic E-state index is 0.109. The average Bonchev–Trinajstić information content (AvgIpc) is 3.10. The Bertz CT molecular complexity index is 1270. The average molecular weight is 424 g/mol. The Morgan fingerprint density at radius 3 is 2.83 bits per heavy atom. The van der Waals surface area contributed by atoms with Gasteiger partial charge in [-0.25, -0.2) is 15.0 Å². The molecule has 0 atom stereocenters. The molecule has 1 amide bonds. The maximum Gasteiger partial charge on any atom is 0.290 e. The van der Waals surface area contributed by atoms with Crippen LogP contribution in [0.4, 0.5) is 11.5 Å². The second-order valence-electron chi connectivity index (χ2n) is 7.02. The first-order valence-corrected chi connectivity index (χ1v) is 9.92. The number of hydrogen-bond acceptors (Lipinski definition) is 7. The van der Waals surface area contributed by atoms with Crippen molar-refractivity contribution >= 4 is 51.0 Å². The van der Waals surface area contributed by atoms with Crippen molar-refractivity contribution in [2.75, 3.05) is 31.6 Å². The number of furan rings is 1. The van der Waals surface area contributed by atoms with Crippen molar-refractivity contribution in [2.45, 2.75) is 6.92 Å². The Kier molecular flexibility index (Phi) is 4.72. The summed E-state index contributed by atoms with van der Waals surface area (Å²) < 4.78 is 11.2. The standard InChI is InChI=1S/C21H18ClN5O3/c1-12-14-10-13(25-20-18-15(23-11-24-20)3-5-17(22)26-18)2-4-16(14)30-19(12)21(28)27-6-8-29-9-7-27/h2-5,10-11H,6-9H2,1H3,(H,23,24,25). The molecule has 9 heteroatoms. The lowest BCUT2D eigenvalue weighted by atomic mass is 10.1. The highest BCUT2D eigenvalue weighted by atomic mass is 35.5. The highest BCUT2D eigenvalue weighted by Gasteiger charge is 2.25. The van der Waals surface area contributed by atoms with Gasteiger partial charge in [-0.1, -0.05) is 11.6 Å². The van der Waals surface area contributed by atoms with Crippen LogP contribution >= 0.6 is 11.6 Å². The van der Waals surface area contributed by atoms with Crippen molar-refractivity contribution in [3.8, 4) is 0 Å². The first kappa shape index (κ1) is 18.8. The van der Waals surface area contributed by atoms with Gasteiger partial charge in [0.05, 0.1) is 18.7 Å². The fourth-order valence-corrected chi connectivity index (χ4v) is 3.70. The van der Waals surface area contributed by atoms with E-state index < -0.39 is 0 Å². The van der Waals surface area contributed by atoms with Gasteiger partial charge in [-0.15, -0.1) is 0 Å². The molecule has 30 heavy (non-hydrogen) atoms. The third-order valence-corrected chi connectivity index (χ3v) is 5.35. The summed E-state index contributed by atoms with van der Waals surface area (Å²) in [6.07, 6.45) is 1.47. The predicted octanol–water partition coefficient (Wildman–Crippen LogP) is 3.95. The van der Waals surface area contributed by atoms with E-state index in [1.165, 1.54) is 6.33 Å². The zero-order valence-corrected chi connectivity index (χ0v) is 16.9. The van der Waals surface area contributed by atoms with Crippen LogP contribution in [-0.4, -0.2) is 52.1 Å². The van der Waals surface area contributed by atoms with Crippen molar-refractivity contribution in [2.24, 2.45) is 0 Å². The molecule has 0 aliphatic carbocycles. The van der Waals surface area contributed by atoms with E-state index in [0.717, 1.165) is 16.6 Å². The van der Waals surface area contributed by atoms with Gasteiger partial charge in [-0.05, 0) is 37.3 Å². The smallest absolute Gasteiger partial charge is 0.290 e. The van der Waals surface area contributed by atoms with Gasteiger partial charge < -0.3 is 19.4 Å². The van der Waals surface area contributed by atoms with Crippen molar-refractivity contribution in [3.05, 3.63) is 53.1 Å². The van der Waals surface area contributed by atoms with Gasteiger partial charge in [0.25, 0.3) is 5.91 Å². The number of hydrogen-bond donors (Lipinski definition) is 1. The highest BCUT2D eigenvalue weighted by molar-refractivity contribution is 6.29. The number of carbonyl (C=O) groups is 1. The largest absolute Gasteiger partial charge is 0.451 e. The molecule has 0 spiro atoms. The number of carbonyl (C=O) groups excluding carboxylic acids is 1. The fraction of sp³-hybridized carbons (Fsp3) is 0.238. The molecule has 3 aromatic heterocycles. The second-order valence-corrected chi connectivity index (χ2v) is 7.41. The van der Waals surface area contributed by atoms with Gasteiger partial charge >= 0.3 is 0 Å². The summed E-state index contributed by atoms with van der Waals surface area (Å²) in [5.74, 6) is 0.805. The van der Waals surface area contributed by atoms with Crippen molar-refractivity contribution in [1.82, 2.24) is 19.9 Å². The molecule has 4 aromatic rings. The topological polar surface area (TPSA) is 93.4 Å². The van der Waals surface area contributed by atoms with Crippen LogP contribution in [0.5, 0.6) is 0 Å². The lowest BCUT2D eigenvalue weighted by molar-refractivity contribution is 0.0283. The lowest BCUT2D eigenvalue weighted by Crippen LogP contribution is -2.40. The number of amides is 1. The second kappa shape index (κ2) is 7.55. The first-order valence-electron chi connectivity index (χ1n) is 9.54. The molecule has 1 aromatic carbocycles. The molecular weight excluding hydrogens is 406 g/mol. The number of nitrogens with zero attached hydrogens (tertiary/aromatic N) is 4. The molecule has 1 aliphatic rings. The number of halogens is 1. The summed E-state index contributed by atoms with van der Waals surface area (Å²) in [5, 5.41) is 4.50. The third kappa shape index (κ3) is 3.34. The van der Waals surface area contributed by atoms with Gasteiger partial charge in [0, 0.05) is 29.7 Å². The quantitative estimate of drug-likeness (QED) is 0.498. The number of anilines is 2. The minimum atomic E-state index is -0.109. The molecule has 1 N–H and O–H groups in total. The van der Waals surface area contributed by atoms with E-state index in [4.69, 9.17) is 20.8 Å². The zero-order valence-electron chi connectivity index (χ0n) is 16.2. The first-order chi connectivity index (χ1) is 14.6. The SMILES string of the molecule is Cc1c(C(=O)N2CCOCC2)oc2ccc(Nc3ncnc4ccc(Cl)nc34)cc12. The number of rotatable bonds is 3. The van der Waals surface area contributed by atoms with Gasteiger partial charge in [-0.2, -0.15) is 0 Å². The van der Waals surface area contributed by atoms with Crippen LogP contribution in [0.25, 0.3) is 22.0 Å². The van der Waals surface area contributed by atoms with E-state index in [2.05, 4.69) is 20.3 Å². The van der Waals surface area contributed by atoms with Crippen LogP contribution in [0.1, 0.15) is 16.1 Å². The number of aryl methyl sites for hydroxylation is 1. The van der Waals surface area contributed by atoms with E-state index in [-0.39, 0.29) is 5.91 Å². The Balaban J connectivity index is 1.49. The maximum atomic E-state index is 12.9. The van der Waals surface area contributed by atoms with E-state index in [1.54, 1.807) is 17.0 Å². The summed E-state index contributed by atoms with van der Waals surface area (Å²) in [6.45, 7) is 4.12. The third-order valence-electron chi connectivity index (χ3n) is 5.14. The molecular formula is C21H18ClN5O3. The molecule has 8 nitrogen and oxygen atoms in total. The molecule has 4 heterocycles. The fourth-order valence-electron chi connectivity index (χ4n) is 3.56. The van der Waals surface area contributed by atoms with Crippen LogP contribution in [0.2, 0.25) is 5.15 Å². The van der Waals surface area contributed by atoms with Crippen LogP contribution < -0.4 is 5.32 Å². The Morgan fingerprint density at radius 1 is 1.17 bits per heavy atom. The van der Waals surface area contributed by atoms with Crippen LogP contribution in [0.15, 0.2) is 41.1 Å². The van der Waals surface area contributed by atoms with E-state index in [1.807, 2.05) is 25.1 Å².